The summed E-state index contributed by atoms with van der Waals surface area (Å²) in [5.74, 6) is 0.811. The van der Waals surface area contributed by atoms with E-state index in [1.165, 1.54) is 0 Å². The van der Waals surface area contributed by atoms with Gasteiger partial charge in [0.25, 0.3) is 0 Å². The molecule has 1 aromatic heterocycles. The number of hydrogen-bond donors (Lipinski definition) is 1. The van der Waals surface area contributed by atoms with Gasteiger partial charge in [0.2, 0.25) is 0 Å². The highest BCUT2D eigenvalue weighted by molar-refractivity contribution is 5.74. The number of urea groups is 1. The average molecular weight is 327 g/mol. The highest BCUT2D eigenvalue weighted by Gasteiger charge is 2.14. The molecule has 1 N–H and O–H groups in total. The summed E-state index contributed by atoms with van der Waals surface area (Å²) < 4.78 is 5.71. The largest absolute Gasteiger partial charge is 0.491 e. The Morgan fingerprint density at radius 1 is 1.21 bits per heavy atom. The van der Waals surface area contributed by atoms with E-state index in [0.717, 1.165) is 17.0 Å². The number of benzene rings is 1. The van der Waals surface area contributed by atoms with Crippen LogP contribution in [0.4, 0.5) is 4.79 Å². The molecule has 0 aliphatic carbocycles. The fraction of sp³-hybridized carbons (Fsp3) is 0.368. The Morgan fingerprint density at radius 2 is 2.00 bits per heavy atom. The van der Waals surface area contributed by atoms with E-state index >= 15 is 0 Å². The lowest BCUT2D eigenvalue weighted by Gasteiger charge is -2.22. The van der Waals surface area contributed by atoms with Crippen molar-refractivity contribution in [2.45, 2.75) is 39.5 Å². The molecule has 1 atom stereocenters. The third-order valence-electron chi connectivity index (χ3n) is 3.54. The molecule has 2 rings (SSSR count). The molecule has 0 aliphatic heterocycles. The van der Waals surface area contributed by atoms with E-state index < -0.39 is 0 Å². The lowest BCUT2D eigenvalue weighted by molar-refractivity contribution is 0.203. The molecule has 2 aromatic rings. The van der Waals surface area contributed by atoms with Crippen LogP contribution in [0, 0.1) is 0 Å². The number of aromatic nitrogens is 1. The zero-order valence-corrected chi connectivity index (χ0v) is 14.7. The van der Waals surface area contributed by atoms with E-state index in [9.17, 15) is 4.79 Å². The molecule has 0 saturated carbocycles. The quantitative estimate of drug-likeness (QED) is 0.878. The summed E-state index contributed by atoms with van der Waals surface area (Å²) in [6.07, 6.45) is 1.85. The van der Waals surface area contributed by atoms with Crippen molar-refractivity contribution in [2.24, 2.45) is 0 Å². The van der Waals surface area contributed by atoms with Crippen molar-refractivity contribution >= 4 is 6.03 Å². The van der Waals surface area contributed by atoms with Crippen LogP contribution >= 0.6 is 0 Å². The van der Waals surface area contributed by atoms with E-state index in [1.807, 2.05) is 63.2 Å². The van der Waals surface area contributed by atoms with Crippen molar-refractivity contribution in [3.05, 3.63) is 59.9 Å². The molecule has 0 fully saturated rings. The van der Waals surface area contributed by atoms with E-state index in [4.69, 9.17) is 4.74 Å². The van der Waals surface area contributed by atoms with Gasteiger partial charge in [-0.1, -0.05) is 18.2 Å². The summed E-state index contributed by atoms with van der Waals surface area (Å²) in [6.45, 7) is 6.41. The van der Waals surface area contributed by atoms with Crippen LogP contribution in [0.2, 0.25) is 0 Å². The third kappa shape index (κ3) is 5.26. The summed E-state index contributed by atoms with van der Waals surface area (Å²) in [6, 6.07) is 13.2. The second-order valence-electron chi connectivity index (χ2n) is 6.09. The zero-order chi connectivity index (χ0) is 17.5. The Hall–Kier alpha value is -2.56. The van der Waals surface area contributed by atoms with Gasteiger partial charge in [-0.15, -0.1) is 0 Å². The SMILES string of the molecule is CC(C)Oc1cccc(C(C)NC(=O)N(C)Cc2ccccn2)c1. The Kier molecular flexibility index (Phi) is 6.18. The minimum atomic E-state index is -0.136. The molecule has 24 heavy (non-hydrogen) atoms. The summed E-state index contributed by atoms with van der Waals surface area (Å²) in [5, 5.41) is 3.00. The monoisotopic (exact) mass is 327 g/mol. The molecular formula is C19H25N3O2. The predicted molar refractivity (Wildman–Crippen MR) is 94.9 cm³/mol. The van der Waals surface area contributed by atoms with Crippen LogP contribution in [0.5, 0.6) is 5.75 Å². The van der Waals surface area contributed by atoms with Crippen LogP contribution in [0.15, 0.2) is 48.7 Å². The second-order valence-corrected chi connectivity index (χ2v) is 6.09. The van der Waals surface area contributed by atoms with Gasteiger partial charge < -0.3 is 15.0 Å². The van der Waals surface area contributed by atoms with Crippen molar-refractivity contribution in [1.82, 2.24) is 15.2 Å². The maximum atomic E-state index is 12.3. The van der Waals surface area contributed by atoms with Crippen LogP contribution in [-0.4, -0.2) is 29.1 Å². The number of carbonyl (C=O) groups excluding carboxylic acids is 1. The molecule has 0 saturated heterocycles. The number of ether oxygens (including phenoxy) is 1. The molecule has 5 heteroatoms. The van der Waals surface area contributed by atoms with Gasteiger partial charge >= 0.3 is 6.03 Å². The third-order valence-corrected chi connectivity index (χ3v) is 3.54. The lowest BCUT2D eigenvalue weighted by Crippen LogP contribution is -2.38. The molecular weight excluding hydrogens is 302 g/mol. The van der Waals surface area contributed by atoms with Crippen LogP contribution in [0.25, 0.3) is 0 Å². The fourth-order valence-corrected chi connectivity index (χ4v) is 2.31. The fourth-order valence-electron chi connectivity index (χ4n) is 2.31. The summed E-state index contributed by atoms with van der Waals surface area (Å²) in [4.78, 5) is 18.2. The van der Waals surface area contributed by atoms with Crippen LogP contribution in [0.3, 0.4) is 0 Å². The summed E-state index contributed by atoms with van der Waals surface area (Å²) in [7, 11) is 1.76. The Bertz CT molecular complexity index is 659. The number of rotatable bonds is 6. The number of nitrogens with zero attached hydrogens (tertiary/aromatic N) is 2. The highest BCUT2D eigenvalue weighted by Crippen LogP contribution is 2.20. The van der Waals surface area contributed by atoms with Gasteiger partial charge in [0, 0.05) is 13.2 Å². The number of amides is 2. The number of nitrogens with one attached hydrogen (secondary N) is 1. The van der Waals surface area contributed by atoms with E-state index in [-0.39, 0.29) is 18.2 Å². The van der Waals surface area contributed by atoms with Crippen molar-refractivity contribution in [1.29, 1.82) is 0 Å². The topological polar surface area (TPSA) is 54.5 Å². The number of carbonyl (C=O) groups is 1. The number of hydrogen-bond acceptors (Lipinski definition) is 3. The maximum absolute atomic E-state index is 12.3. The van der Waals surface area contributed by atoms with Crippen molar-refractivity contribution in [3.8, 4) is 5.75 Å². The molecule has 0 radical (unpaired) electrons. The normalized spacial score (nSPS) is 11.9. The zero-order valence-electron chi connectivity index (χ0n) is 14.7. The van der Waals surface area contributed by atoms with Crippen molar-refractivity contribution in [3.63, 3.8) is 0 Å². The Morgan fingerprint density at radius 3 is 2.67 bits per heavy atom. The molecule has 2 amide bonds. The standard InChI is InChI=1S/C19H25N3O2/c1-14(2)24-18-10-7-8-16(12-18)15(3)21-19(23)22(4)13-17-9-5-6-11-20-17/h5-12,14-15H,13H2,1-4H3,(H,21,23). The lowest BCUT2D eigenvalue weighted by atomic mass is 10.1. The van der Waals surface area contributed by atoms with Gasteiger partial charge in [-0.2, -0.15) is 0 Å². The first-order valence-electron chi connectivity index (χ1n) is 8.14. The first-order valence-corrected chi connectivity index (χ1v) is 8.14. The van der Waals surface area contributed by atoms with E-state index in [2.05, 4.69) is 10.3 Å². The van der Waals surface area contributed by atoms with Gasteiger partial charge in [-0.25, -0.2) is 4.79 Å². The van der Waals surface area contributed by atoms with Gasteiger partial charge in [0.1, 0.15) is 5.75 Å². The molecule has 5 nitrogen and oxygen atoms in total. The Labute approximate surface area is 143 Å². The molecule has 1 unspecified atom stereocenters. The summed E-state index contributed by atoms with van der Waals surface area (Å²) in [5.41, 5.74) is 1.86. The van der Waals surface area contributed by atoms with E-state index in [1.54, 1.807) is 18.1 Å². The molecule has 1 heterocycles. The molecule has 0 bridgehead atoms. The van der Waals surface area contributed by atoms with Gasteiger partial charge in [-0.05, 0) is 50.6 Å². The predicted octanol–water partition coefficient (Wildman–Crippen LogP) is 3.77. The maximum Gasteiger partial charge on any atom is 0.317 e. The van der Waals surface area contributed by atoms with Crippen LogP contribution in [-0.2, 0) is 6.54 Å². The second kappa shape index (κ2) is 8.34. The van der Waals surface area contributed by atoms with Gasteiger partial charge in [0.05, 0.1) is 24.4 Å². The molecule has 0 spiro atoms. The summed E-state index contributed by atoms with van der Waals surface area (Å²) >= 11 is 0. The van der Waals surface area contributed by atoms with Crippen LogP contribution in [0.1, 0.15) is 38.1 Å². The minimum Gasteiger partial charge on any atom is -0.491 e. The smallest absolute Gasteiger partial charge is 0.317 e. The van der Waals surface area contributed by atoms with Crippen molar-refractivity contribution in [2.75, 3.05) is 7.05 Å². The highest BCUT2D eigenvalue weighted by atomic mass is 16.5. The number of pyridine rings is 1. The van der Waals surface area contributed by atoms with Crippen LogP contribution < -0.4 is 10.1 Å². The molecule has 128 valence electrons. The minimum absolute atomic E-state index is 0.112. The average Bonchev–Trinajstić information content (AvgIpc) is 2.55. The first-order chi connectivity index (χ1) is 11.5. The molecule has 1 aromatic carbocycles. The van der Waals surface area contributed by atoms with E-state index in [0.29, 0.717) is 6.54 Å². The molecule has 0 aliphatic rings. The van der Waals surface area contributed by atoms with Gasteiger partial charge in [-0.3, -0.25) is 4.98 Å². The first kappa shape index (κ1) is 17.8. The van der Waals surface area contributed by atoms with Gasteiger partial charge in [0.15, 0.2) is 0 Å². The van der Waals surface area contributed by atoms with Crippen molar-refractivity contribution < 1.29 is 9.53 Å². The Balaban J connectivity index is 1.95.